The molecular formula is C22H24N4O3. The maximum absolute atomic E-state index is 12.8. The molecule has 1 heterocycles. The third-order valence-corrected chi connectivity index (χ3v) is 4.46. The predicted octanol–water partition coefficient (Wildman–Crippen LogP) is 4.41. The number of aromatic nitrogens is 2. The van der Waals surface area contributed by atoms with Crippen LogP contribution in [0.25, 0.3) is 0 Å². The number of anilines is 3. The first-order chi connectivity index (χ1) is 13.9. The van der Waals surface area contributed by atoms with Gasteiger partial charge in [-0.3, -0.25) is 4.79 Å². The van der Waals surface area contributed by atoms with E-state index in [0.717, 1.165) is 16.8 Å². The Labute approximate surface area is 170 Å². The molecule has 0 saturated heterocycles. The van der Waals surface area contributed by atoms with Crippen molar-refractivity contribution in [1.82, 2.24) is 9.97 Å². The SMILES string of the molecule is COc1ccc(NC(=O)c2cc(C)nc(Nc3c(C)cccc3C)n2)c(OC)c1. The fraction of sp³-hybridized carbons (Fsp3) is 0.227. The second kappa shape index (κ2) is 8.60. The van der Waals surface area contributed by atoms with Crippen molar-refractivity contribution < 1.29 is 14.3 Å². The number of rotatable bonds is 6. The van der Waals surface area contributed by atoms with Gasteiger partial charge in [0.15, 0.2) is 0 Å². The molecule has 0 spiro atoms. The van der Waals surface area contributed by atoms with Crippen molar-refractivity contribution in [2.45, 2.75) is 20.8 Å². The van der Waals surface area contributed by atoms with Gasteiger partial charge in [0.25, 0.3) is 5.91 Å². The van der Waals surface area contributed by atoms with Gasteiger partial charge in [-0.2, -0.15) is 0 Å². The standard InChI is InChI=1S/C22H24N4O3/c1-13-7-6-8-14(2)20(13)26-22-23-15(3)11-18(25-22)21(27)24-17-10-9-16(28-4)12-19(17)29-5/h6-12H,1-5H3,(H,24,27)(H,23,25,26). The third kappa shape index (κ3) is 4.63. The lowest BCUT2D eigenvalue weighted by Gasteiger charge is -2.14. The highest BCUT2D eigenvalue weighted by Gasteiger charge is 2.15. The van der Waals surface area contributed by atoms with E-state index in [1.807, 2.05) is 39.0 Å². The third-order valence-electron chi connectivity index (χ3n) is 4.46. The highest BCUT2D eigenvalue weighted by atomic mass is 16.5. The monoisotopic (exact) mass is 392 g/mol. The van der Waals surface area contributed by atoms with Crippen LogP contribution in [0, 0.1) is 20.8 Å². The Morgan fingerprint density at radius 3 is 2.31 bits per heavy atom. The largest absolute Gasteiger partial charge is 0.497 e. The van der Waals surface area contributed by atoms with Gasteiger partial charge in [0.2, 0.25) is 5.95 Å². The first kappa shape index (κ1) is 20.1. The molecule has 0 radical (unpaired) electrons. The molecule has 3 aromatic rings. The second-order valence-electron chi connectivity index (χ2n) is 6.63. The highest BCUT2D eigenvalue weighted by molar-refractivity contribution is 6.04. The van der Waals surface area contributed by atoms with E-state index in [0.29, 0.717) is 28.8 Å². The highest BCUT2D eigenvalue weighted by Crippen LogP contribution is 2.29. The van der Waals surface area contributed by atoms with Gasteiger partial charge in [-0.1, -0.05) is 18.2 Å². The van der Waals surface area contributed by atoms with Crippen molar-refractivity contribution in [2.24, 2.45) is 0 Å². The van der Waals surface area contributed by atoms with Crippen molar-refractivity contribution in [3.8, 4) is 11.5 Å². The van der Waals surface area contributed by atoms with E-state index in [1.54, 1.807) is 31.4 Å². The molecule has 0 aliphatic rings. The minimum atomic E-state index is -0.358. The van der Waals surface area contributed by atoms with Crippen LogP contribution >= 0.6 is 0 Å². The van der Waals surface area contributed by atoms with Crippen molar-refractivity contribution >= 4 is 23.2 Å². The number of carbonyl (C=O) groups excluding carboxylic acids is 1. The van der Waals surface area contributed by atoms with Crippen LogP contribution in [0.3, 0.4) is 0 Å². The van der Waals surface area contributed by atoms with Crippen LogP contribution in [0.5, 0.6) is 11.5 Å². The number of benzene rings is 2. The van der Waals surface area contributed by atoms with Gasteiger partial charge in [0.05, 0.1) is 19.9 Å². The van der Waals surface area contributed by atoms with Crippen molar-refractivity contribution in [1.29, 1.82) is 0 Å². The van der Waals surface area contributed by atoms with Gasteiger partial charge < -0.3 is 20.1 Å². The maximum atomic E-state index is 12.8. The smallest absolute Gasteiger partial charge is 0.274 e. The van der Waals surface area contributed by atoms with E-state index in [1.165, 1.54) is 7.11 Å². The zero-order chi connectivity index (χ0) is 21.0. The number of amides is 1. The number of aryl methyl sites for hydroxylation is 3. The van der Waals surface area contributed by atoms with Gasteiger partial charge >= 0.3 is 0 Å². The molecule has 7 nitrogen and oxygen atoms in total. The van der Waals surface area contributed by atoms with E-state index < -0.39 is 0 Å². The molecule has 0 unspecified atom stereocenters. The number of para-hydroxylation sites is 1. The van der Waals surface area contributed by atoms with Crippen LogP contribution in [0.15, 0.2) is 42.5 Å². The summed E-state index contributed by atoms with van der Waals surface area (Å²) in [6.07, 6.45) is 0. The van der Waals surface area contributed by atoms with E-state index in [9.17, 15) is 4.79 Å². The Kier molecular flexibility index (Phi) is 5.97. The van der Waals surface area contributed by atoms with Crippen LogP contribution in [0.1, 0.15) is 27.3 Å². The van der Waals surface area contributed by atoms with Gasteiger partial charge in [-0.25, -0.2) is 9.97 Å². The van der Waals surface area contributed by atoms with Crippen LogP contribution < -0.4 is 20.1 Å². The van der Waals surface area contributed by atoms with Crippen LogP contribution in [0.2, 0.25) is 0 Å². The van der Waals surface area contributed by atoms with E-state index in [2.05, 4.69) is 20.6 Å². The Morgan fingerprint density at radius 2 is 1.66 bits per heavy atom. The molecule has 150 valence electrons. The summed E-state index contributed by atoms with van der Waals surface area (Å²) in [5, 5.41) is 6.07. The number of nitrogens with one attached hydrogen (secondary N) is 2. The maximum Gasteiger partial charge on any atom is 0.274 e. The summed E-state index contributed by atoms with van der Waals surface area (Å²) >= 11 is 0. The zero-order valence-corrected chi connectivity index (χ0v) is 17.2. The molecule has 2 aromatic carbocycles. The second-order valence-corrected chi connectivity index (χ2v) is 6.63. The summed E-state index contributed by atoms with van der Waals surface area (Å²) in [6.45, 7) is 5.84. The summed E-state index contributed by atoms with van der Waals surface area (Å²) in [7, 11) is 3.10. The fourth-order valence-electron chi connectivity index (χ4n) is 2.95. The Morgan fingerprint density at radius 1 is 0.931 bits per heavy atom. The molecule has 3 rings (SSSR count). The first-order valence-electron chi connectivity index (χ1n) is 9.13. The molecule has 0 atom stereocenters. The molecule has 0 saturated carbocycles. The van der Waals surface area contributed by atoms with Gasteiger partial charge in [0, 0.05) is 17.4 Å². The lowest BCUT2D eigenvalue weighted by atomic mass is 10.1. The van der Waals surface area contributed by atoms with Gasteiger partial charge in [-0.05, 0) is 50.1 Å². The van der Waals surface area contributed by atoms with E-state index in [4.69, 9.17) is 9.47 Å². The first-order valence-corrected chi connectivity index (χ1v) is 9.13. The topological polar surface area (TPSA) is 85.4 Å². The molecule has 0 bridgehead atoms. The minimum Gasteiger partial charge on any atom is -0.497 e. The summed E-state index contributed by atoms with van der Waals surface area (Å²) < 4.78 is 10.5. The average Bonchev–Trinajstić information content (AvgIpc) is 2.70. The van der Waals surface area contributed by atoms with Crippen LogP contribution in [-0.2, 0) is 0 Å². The number of hydrogen-bond acceptors (Lipinski definition) is 6. The quantitative estimate of drug-likeness (QED) is 0.646. The predicted molar refractivity (Wildman–Crippen MR) is 113 cm³/mol. The zero-order valence-electron chi connectivity index (χ0n) is 17.2. The average molecular weight is 392 g/mol. The molecule has 0 fully saturated rings. The molecule has 0 aliphatic carbocycles. The molecule has 1 amide bonds. The minimum absolute atomic E-state index is 0.254. The summed E-state index contributed by atoms with van der Waals surface area (Å²) in [4.78, 5) is 21.6. The number of methoxy groups -OCH3 is 2. The summed E-state index contributed by atoms with van der Waals surface area (Å²) in [5.41, 5.74) is 4.54. The number of hydrogen-bond donors (Lipinski definition) is 2. The van der Waals surface area contributed by atoms with Gasteiger partial charge in [0.1, 0.15) is 17.2 Å². The summed E-state index contributed by atoms with van der Waals surface area (Å²) in [5.74, 6) is 1.15. The molecule has 0 aliphatic heterocycles. The van der Waals surface area contributed by atoms with Crippen LogP contribution in [0.4, 0.5) is 17.3 Å². The Balaban J connectivity index is 1.87. The normalized spacial score (nSPS) is 10.4. The lowest BCUT2D eigenvalue weighted by Crippen LogP contribution is -2.16. The molecule has 29 heavy (non-hydrogen) atoms. The van der Waals surface area contributed by atoms with E-state index >= 15 is 0 Å². The molecule has 1 aromatic heterocycles. The van der Waals surface area contributed by atoms with Crippen molar-refractivity contribution in [3.63, 3.8) is 0 Å². The Hall–Kier alpha value is -3.61. The van der Waals surface area contributed by atoms with Crippen molar-refractivity contribution in [2.75, 3.05) is 24.9 Å². The molecule has 7 heteroatoms. The lowest BCUT2D eigenvalue weighted by molar-refractivity contribution is 0.102. The van der Waals surface area contributed by atoms with Crippen LogP contribution in [-0.4, -0.2) is 30.1 Å². The molecular weight excluding hydrogens is 368 g/mol. The molecule has 2 N–H and O–H groups in total. The van der Waals surface area contributed by atoms with Crippen molar-refractivity contribution in [3.05, 3.63) is 65.0 Å². The Bertz CT molecular complexity index is 1030. The number of carbonyl (C=O) groups is 1. The van der Waals surface area contributed by atoms with E-state index in [-0.39, 0.29) is 11.6 Å². The van der Waals surface area contributed by atoms with Gasteiger partial charge in [-0.15, -0.1) is 0 Å². The number of ether oxygens (including phenoxy) is 2. The number of nitrogens with zero attached hydrogens (tertiary/aromatic N) is 2. The fourth-order valence-corrected chi connectivity index (χ4v) is 2.95. The summed E-state index contributed by atoms with van der Waals surface area (Å²) in [6, 6.07) is 12.8.